The highest BCUT2D eigenvalue weighted by Crippen LogP contribution is 2.41. The first-order valence-corrected chi connectivity index (χ1v) is 6.42. The predicted molar refractivity (Wildman–Crippen MR) is 72.2 cm³/mol. The monoisotopic (exact) mass is 276 g/mol. The number of halogens is 1. The predicted octanol–water partition coefficient (Wildman–Crippen LogP) is 2.87. The Morgan fingerprint density at radius 3 is 2.58 bits per heavy atom. The summed E-state index contributed by atoms with van der Waals surface area (Å²) in [4.78, 5) is 0. The van der Waals surface area contributed by atoms with Crippen LogP contribution in [0.5, 0.6) is 5.75 Å². The second-order valence-electron chi connectivity index (χ2n) is 4.57. The fourth-order valence-electron chi connectivity index (χ4n) is 2.34. The number of fused-ring (bicyclic) bond motifs is 1. The van der Waals surface area contributed by atoms with Gasteiger partial charge in [0.2, 0.25) is 0 Å². The van der Waals surface area contributed by atoms with E-state index in [1.807, 2.05) is 12.1 Å². The van der Waals surface area contributed by atoms with Crippen molar-refractivity contribution in [3.8, 4) is 5.75 Å². The van der Waals surface area contributed by atoms with Gasteiger partial charge in [0.25, 0.3) is 0 Å². The molecule has 3 atom stereocenters. The summed E-state index contributed by atoms with van der Waals surface area (Å²) in [6, 6.07) is 14.3. The van der Waals surface area contributed by atoms with Crippen molar-refractivity contribution in [3.05, 3.63) is 64.7 Å². The zero-order valence-corrected chi connectivity index (χ0v) is 10.8. The summed E-state index contributed by atoms with van der Waals surface area (Å²) < 4.78 is 5.79. The van der Waals surface area contributed by atoms with Gasteiger partial charge in [0.05, 0.1) is 0 Å². The van der Waals surface area contributed by atoms with Gasteiger partial charge in [0.15, 0.2) is 6.10 Å². The average Bonchev–Trinajstić information content (AvgIpc) is 2.43. The minimum Gasteiger partial charge on any atom is -0.482 e. The molecule has 0 fully saturated rings. The van der Waals surface area contributed by atoms with Gasteiger partial charge < -0.3 is 14.9 Å². The molecule has 0 aromatic heterocycles. The second kappa shape index (κ2) is 4.85. The maximum atomic E-state index is 10.2. The third kappa shape index (κ3) is 2.21. The maximum Gasteiger partial charge on any atom is 0.152 e. The smallest absolute Gasteiger partial charge is 0.152 e. The molecule has 98 valence electrons. The lowest BCUT2D eigenvalue weighted by molar-refractivity contribution is -0.0699. The molecule has 2 aromatic carbocycles. The molecule has 4 heteroatoms. The third-order valence-corrected chi connectivity index (χ3v) is 3.54. The molecule has 0 radical (unpaired) electrons. The molecule has 0 saturated carbocycles. The van der Waals surface area contributed by atoms with Gasteiger partial charge in [-0.1, -0.05) is 41.9 Å². The highest BCUT2D eigenvalue weighted by molar-refractivity contribution is 6.30. The molecule has 2 N–H and O–H groups in total. The molecule has 1 aliphatic heterocycles. The summed E-state index contributed by atoms with van der Waals surface area (Å²) in [6.07, 6.45) is -2.61. The Labute approximate surface area is 116 Å². The van der Waals surface area contributed by atoms with Crippen molar-refractivity contribution in [3.63, 3.8) is 0 Å². The van der Waals surface area contributed by atoms with E-state index in [1.165, 1.54) is 0 Å². The van der Waals surface area contributed by atoms with E-state index in [9.17, 15) is 10.2 Å². The van der Waals surface area contributed by atoms with E-state index in [0.717, 1.165) is 5.56 Å². The van der Waals surface area contributed by atoms with E-state index in [2.05, 4.69) is 0 Å². The molecule has 0 bridgehead atoms. The number of ether oxygens (including phenoxy) is 1. The van der Waals surface area contributed by atoms with Gasteiger partial charge in [0, 0.05) is 10.6 Å². The van der Waals surface area contributed by atoms with Gasteiger partial charge in [-0.25, -0.2) is 0 Å². The molecule has 1 heterocycles. The van der Waals surface area contributed by atoms with Crippen molar-refractivity contribution in [2.75, 3.05) is 0 Å². The van der Waals surface area contributed by atoms with Crippen LogP contribution in [0.15, 0.2) is 48.5 Å². The number of aliphatic hydroxyl groups is 2. The van der Waals surface area contributed by atoms with E-state index in [1.54, 1.807) is 36.4 Å². The summed E-state index contributed by atoms with van der Waals surface area (Å²) in [5.74, 6) is 0.588. The van der Waals surface area contributed by atoms with Gasteiger partial charge in [-0.15, -0.1) is 0 Å². The van der Waals surface area contributed by atoms with E-state index >= 15 is 0 Å². The average molecular weight is 277 g/mol. The summed E-state index contributed by atoms with van der Waals surface area (Å²) in [5.41, 5.74) is 1.35. The lowest BCUT2D eigenvalue weighted by atomic mass is 9.92. The van der Waals surface area contributed by atoms with Crippen LogP contribution in [0, 0.1) is 0 Å². The number of hydrogen-bond acceptors (Lipinski definition) is 3. The summed E-state index contributed by atoms with van der Waals surface area (Å²) in [6.45, 7) is 0. The zero-order chi connectivity index (χ0) is 13.4. The number of aliphatic hydroxyl groups excluding tert-OH is 2. The standard InChI is InChI=1S/C15H13ClO3/c16-10-5-3-4-9(8-10)15-14(18)13(17)11-6-1-2-7-12(11)19-15/h1-8,13-15,17-18H/t13-,14-,15?/m0/s1. The quantitative estimate of drug-likeness (QED) is 0.842. The normalized spacial score (nSPS) is 25.5. The first kappa shape index (κ1) is 12.5. The largest absolute Gasteiger partial charge is 0.482 e. The van der Waals surface area contributed by atoms with Crippen LogP contribution in [0.4, 0.5) is 0 Å². The Kier molecular flexibility index (Phi) is 3.19. The molecule has 19 heavy (non-hydrogen) atoms. The lowest BCUT2D eigenvalue weighted by Crippen LogP contribution is -2.34. The van der Waals surface area contributed by atoms with Gasteiger partial charge in [-0.05, 0) is 23.8 Å². The minimum absolute atomic E-state index is 0.571. The molecule has 2 aromatic rings. The van der Waals surface area contributed by atoms with Crippen molar-refractivity contribution in [2.24, 2.45) is 0 Å². The molecular formula is C15H13ClO3. The molecule has 3 rings (SSSR count). The van der Waals surface area contributed by atoms with Crippen molar-refractivity contribution >= 4 is 11.6 Å². The van der Waals surface area contributed by atoms with Crippen molar-refractivity contribution in [1.82, 2.24) is 0 Å². The van der Waals surface area contributed by atoms with Gasteiger partial charge in [-0.2, -0.15) is 0 Å². The van der Waals surface area contributed by atoms with Crippen LogP contribution in [-0.4, -0.2) is 16.3 Å². The molecule has 1 aliphatic rings. The number of benzene rings is 2. The molecule has 0 amide bonds. The lowest BCUT2D eigenvalue weighted by Gasteiger charge is -2.34. The Morgan fingerprint density at radius 1 is 1.00 bits per heavy atom. The minimum atomic E-state index is -1.02. The highest BCUT2D eigenvalue weighted by Gasteiger charge is 2.36. The maximum absolute atomic E-state index is 10.2. The summed E-state index contributed by atoms with van der Waals surface area (Å²) >= 11 is 5.95. The first-order valence-electron chi connectivity index (χ1n) is 6.04. The Morgan fingerprint density at radius 2 is 1.79 bits per heavy atom. The zero-order valence-electron chi connectivity index (χ0n) is 10.0. The van der Waals surface area contributed by atoms with Crippen LogP contribution in [0.1, 0.15) is 23.3 Å². The number of rotatable bonds is 1. The number of para-hydroxylation sites is 1. The molecule has 0 aliphatic carbocycles. The first-order chi connectivity index (χ1) is 9.16. The second-order valence-corrected chi connectivity index (χ2v) is 5.00. The molecule has 0 spiro atoms. The fraction of sp³-hybridized carbons (Fsp3) is 0.200. The van der Waals surface area contributed by atoms with Crippen LogP contribution < -0.4 is 4.74 Å². The third-order valence-electron chi connectivity index (χ3n) is 3.30. The van der Waals surface area contributed by atoms with E-state index < -0.39 is 18.3 Å². The Bertz CT molecular complexity index is 599. The Balaban J connectivity index is 2.01. The SMILES string of the molecule is O[C@@H]1C(c2cccc(Cl)c2)Oc2ccccc2[C@@H]1O. The van der Waals surface area contributed by atoms with Crippen LogP contribution >= 0.6 is 11.6 Å². The summed E-state index contributed by atoms with van der Waals surface area (Å²) in [5, 5.41) is 20.9. The van der Waals surface area contributed by atoms with E-state index in [-0.39, 0.29) is 0 Å². The van der Waals surface area contributed by atoms with Crippen LogP contribution in [0.25, 0.3) is 0 Å². The van der Waals surface area contributed by atoms with E-state index in [0.29, 0.717) is 16.3 Å². The van der Waals surface area contributed by atoms with Crippen LogP contribution in [0.2, 0.25) is 5.02 Å². The topological polar surface area (TPSA) is 49.7 Å². The van der Waals surface area contributed by atoms with Crippen molar-refractivity contribution in [1.29, 1.82) is 0 Å². The number of hydrogen-bond donors (Lipinski definition) is 2. The van der Waals surface area contributed by atoms with Crippen molar-refractivity contribution < 1.29 is 14.9 Å². The van der Waals surface area contributed by atoms with Crippen LogP contribution in [-0.2, 0) is 0 Å². The molecule has 0 saturated heterocycles. The molecule has 3 nitrogen and oxygen atoms in total. The van der Waals surface area contributed by atoms with Gasteiger partial charge in [-0.3, -0.25) is 0 Å². The van der Waals surface area contributed by atoms with Crippen LogP contribution in [0.3, 0.4) is 0 Å². The molecular weight excluding hydrogens is 264 g/mol. The highest BCUT2D eigenvalue weighted by atomic mass is 35.5. The molecule has 1 unspecified atom stereocenters. The summed E-state index contributed by atoms with van der Waals surface area (Å²) in [7, 11) is 0. The van der Waals surface area contributed by atoms with Crippen molar-refractivity contribution in [2.45, 2.75) is 18.3 Å². The van der Waals surface area contributed by atoms with E-state index in [4.69, 9.17) is 16.3 Å². The fourth-order valence-corrected chi connectivity index (χ4v) is 2.54. The Hall–Kier alpha value is -1.55. The van der Waals surface area contributed by atoms with Gasteiger partial charge >= 0.3 is 0 Å². The van der Waals surface area contributed by atoms with Gasteiger partial charge in [0.1, 0.15) is 18.0 Å².